The van der Waals surface area contributed by atoms with Gasteiger partial charge >= 0.3 is 6.09 Å². The van der Waals surface area contributed by atoms with Crippen molar-refractivity contribution in [3.8, 4) is 5.75 Å². The van der Waals surface area contributed by atoms with Crippen molar-refractivity contribution in [3.05, 3.63) is 77.9 Å². The minimum absolute atomic E-state index is 0.137. The molecule has 3 aromatic carbocycles. The Balaban J connectivity index is 1.68. The van der Waals surface area contributed by atoms with Gasteiger partial charge in [-0.05, 0) is 48.4 Å². The minimum Gasteiger partial charge on any atom is -0.488 e. The Morgan fingerprint density at radius 3 is 2.52 bits per heavy atom. The molecule has 4 nitrogen and oxygen atoms in total. The molecule has 1 amide bonds. The second kappa shape index (κ2) is 7.31. The molecule has 0 aromatic heterocycles. The van der Waals surface area contributed by atoms with E-state index in [4.69, 9.17) is 4.74 Å². The highest BCUT2D eigenvalue weighted by atomic mass is 16.5. The topological polar surface area (TPSA) is 49.8 Å². The minimum atomic E-state index is -0.857. The van der Waals surface area contributed by atoms with Gasteiger partial charge in [-0.2, -0.15) is 0 Å². The molecule has 1 fully saturated rings. The lowest BCUT2D eigenvalue weighted by Crippen LogP contribution is -2.34. The fourth-order valence-electron chi connectivity index (χ4n) is 3.54. The van der Waals surface area contributed by atoms with Gasteiger partial charge in [-0.15, -0.1) is 0 Å². The quantitative estimate of drug-likeness (QED) is 0.620. The zero-order valence-electron chi connectivity index (χ0n) is 15.3. The maximum absolute atomic E-state index is 11.7. The Morgan fingerprint density at radius 2 is 1.81 bits per heavy atom. The summed E-state index contributed by atoms with van der Waals surface area (Å²) < 4.78 is 6.15. The molecular weight excluding hydrogens is 338 g/mol. The number of carboxylic acid groups (broad SMARTS) is 1. The lowest BCUT2D eigenvalue weighted by molar-refractivity contribution is 0.124. The number of carbonyl (C=O) groups is 1. The highest BCUT2D eigenvalue weighted by molar-refractivity contribution is 5.89. The van der Waals surface area contributed by atoms with Crippen LogP contribution in [0, 0.1) is 0 Å². The van der Waals surface area contributed by atoms with E-state index in [9.17, 15) is 9.90 Å². The van der Waals surface area contributed by atoms with Crippen molar-refractivity contribution in [1.82, 2.24) is 4.90 Å². The van der Waals surface area contributed by atoms with Crippen LogP contribution >= 0.6 is 0 Å². The van der Waals surface area contributed by atoms with E-state index in [2.05, 4.69) is 6.07 Å². The summed E-state index contributed by atoms with van der Waals surface area (Å²) in [5.74, 6) is 0.792. The summed E-state index contributed by atoms with van der Waals surface area (Å²) >= 11 is 0. The van der Waals surface area contributed by atoms with Crippen LogP contribution in [0.4, 0.5) is 4.79 Å². The Kier molecular flexibility index (Phi) is 4.71. The largest absolute Gasteiger partial charge is 0.488 e. The van der Waals surface area contributed by atoms with E-state index >= 15 is 0 Å². The van der Waals surface area contributed by atoms with Crippen molar-refractivity contribution in [2.24, 2.45) is 0 Å². The first-order chi connectivity index (χ1) is 13.1. The summed E-state index contributed by atoms with van der Waals surface area (Å²) in [4.78, 5) is 13.3. The average Bonchev–Trinajstić information content (AvgIpc) is 3.51. The van der Waals surface area contributed by atoms with Gasteiger partial charge in [0.15, 0.2) is 0 Å². The second-order valence-electron chi connectivity index (χ2n) is 7.11. The first kappa shape index (κ1) is 17.4. The molecule has 0 aliphatic heterocycles. The fourth-order valence-corrected chi connectivity index (χ4v) is 3.54. The molecule has 1 saturated carbocycles. The van der Waals surface area contributed by atoms with E-state index in [-0.39, 0.29) is 12.1 Å². The maximum atomic E-state index is 11.7. The molecular formula is C23H23NO3. The van der Waals surface area contributed by atoms with Gasteiger partial charge in [-0.1, -0.05) is 54.6 Å². The van der Waals surface area contributed by atoms with Crippen molar-refractivity contribution in [3.63, 3.8) is 0 Å². The van der Waals surface area contributed by atoms with Crippen molar-refractivity contribution in [1.29, 1.82) is 0 Å². The van der Waals surface area contributed by atoms with Gasteiger partial charge < -0.3 is 9.84 Å². The van der Waals surface area contributed by atoms with Gasteiger partial charge in [-0.25, -0.2) is 4.79 Å². The van der Waals surface area contributed by atoms with Crippen molar-refractivity contribution in [2.45, 2.75) is 38.5 Å². The summed E-state index contributed by atoms with van der Waals surface area (Å²) in [6.07, 6.45) is 1.04. The van der Waals surface area contributed by atoms with Gasteiger partial charge in [0.05, 0.1) is 6.04 Å². The van der Waals surface area contributed by atoms with E-state index in [0.717, 1.165) is 40.5 Å². The van der Waals surface area contributed by atoms with Gasteiger partial charge in [0.2, 0.25) is 0 Å². The third-order valence-electron chi connectivity index (χ3n) is 5.14. The number of amides is 1. The molecule has 1 aliphatic rings. The van der Waals surface area contributed by atoms with Crippen LogP contribution in [0.25, 0.3) is 10.8 Å². The molecule has 1 atom stereocenters. The fraction of sp³-hybridized carbons (Fsp3) is 0.261. The number of rotatable bonds is 6. The maximum Gasteiger partial charge on any atom is 0.408 e. The van der Waals surface area contributed by atoms with Crippen LogP contribution < -0.4 is 4.74 Å². The molecule has 0 heterocycles. The SMILES string of the molecule is CC(c1cc(OCc2ccccc2)c2ccccc2c1)N(C(=O)O)C1CC1. The van der Waals surface area contributed by atoms with Gasteiger partial charge in [0, 0.05) is 11.4 Å². The average molecular weight is 361 g/mol. The van der Waals surface area contributed by atoms with Crippen molar-refractivity contribution >= 4 is 16.9 Å². The summed E-state index contributed by atoms with van der Waals surface area (Å²) in [5.41, 5.74) is 2.07. The summed E-state index contributed by atoms with van der Waals surface area (Å²) in [7, 11) is 0. The molecule has 1 aliphatic carbocycles. The van der Waals surface area contributed by atoms with Crippen LogP contribution in [-0.4, -0.2) is 22.1 Å². The second-order valence-corrected chi connectivity index (χ2v) is 7.11. The van der Waals surface area contributed by atoms with Crippen LogP contribution in [0.3, 0.4) is 0 Å². The number of hydrogen-bond acceptors (Lipinski definition) is 2. The Labute approximate surface area is 159 Å². The van der Waals surface area contributed by atoms with Crippen LogP contribution in [-0.2, 0) is 6.61 Å². The summed E-state index contributed by atoms with van der Waals surface area (Å²) in [5, 5.41) is 11.7. The first-order valence-corrected chi connectivity index (χ1v) is 9.34. The Bertz CT molecular complexity index is 950. The standard InChI is InChI=1S/C23H23NO3/c1-16(24(23(25)26)20-11-12-20)19-13-18-9-5-6-10-21(18)22(14-19)27-15-17-7-3-2-4-8-17/h2-10,13-14,16,20H,11-12,15H2,1H3,(H,25,26). The van der Waals surface area contributed by atoms with E-state index in [1.165, 1.54) is 0 Å². The van der Waals surface area contributed by atoms with Crippen molar-refractivity contribution < 1.29 is 14.6 Å². The predicted octanol–water partition coefficient (Wildman–Crippen LogP) is 5.62. The molecule has 1 N–H and O–H groups in total. The molecule has 0 radical (unpaired) electrons. The van der Waals surface area contributed by atoms with Crippen LogP contribution in [0.15, 0.2) is 66.7 Å². The monoisotopic (exact) mass is 361 g/mol. The van der Waals surface area contributed by atoms with Crippen molar-refractivity contribution in [2.75, 3.05) is 0 Å². The molecule has 0 spiro atoms. The highest BCUT2D eigenvalue weighted by Gasteiger charge is 2.36. The van der Waals surface area contributed by atoms with Gasteiger partial charge in [-0.3, -0.25) is 4.90 Å². The third-order valence-corrected chi connectivity index (χ3v) is 5.14. The van der Waals surface area contributed by atoms with Gasteiger partial charge in [0.25, 0.3) is 0 Å². The molecule has 0 bridgehead atoms. The Morgan fingerprint density at radius 1 is 1.11 bits per heavy atom. The first-order valence-electron chi connectivity index (χ1n) is 9.34. The van der Waals surface area contributed by atoms with Crippen LogP contribution in [0.2, 0.25) is 0 Å². The number of ether oxygens (including phenoxy) is 1. The normalized spacial score (nSPS) is 14.7. The predicted molar refractivity (Wildman–Crippen MR) is 106 cm³/mol. The highest BCUT2D eigenvalue weighted by Crippen LogP contribution is 2.37. The summed E-state index contributed by atoms with van der Waals surface area (Å²) in [6, 6.07) is 22.1. The zero-order chi connectivity index (χ0) is 18.8. The molecule has 138 valence electrons. The molecule has 3 aromatic rings. The molecule has 1 unspecified atom stereocenters. The number of hydrogen-bond donors (Lipinski definition) is 1. The Hall–Kier alpha value is -3.01. The lowest BCUT2D eigenvalue weighted by atomic mass is 10.0. The molecule has 4 heteroatoms. The number of fused-ring (bicyclic) bond motifs is 1. The van der Waals surface area contributed by atoms with Crippen LogP contribution in [0.1, 0.15) is 36.9 Å². The molecule has 27 heavy (non-hydrogen) atoms. The molecule has 0 saturated heterocycles. The number of benzene rings is 3. The lowest BCUT2D eigenvalue weighted by Gasteiger charge is -2.27. The number of nitrogens with zero attached hydrogens (tertiary/aromatic N) is 1. The van der Waals surface area contributed by atoms with E-state index in [1.807, 2.05) is 67.6 Å². The van der Waals surface area contributed by atoms with Crippen LogP contribution in [0.5, 0.6) is 5.75 Å². The summed E-state index contributed by atoms with van der Waals surface area (Å²) in [6.45, 7) is 2.44. The van der Waals surface area contributed by atoms with E-state index in [0.29, 0.717) is 6.61 Å². The smallest absolute Gasteiger partial charge is 0.408 e. The van der Waals surface area contributed by atoms with E-state index in [1.54, 1.807) is 4.90 Å². The molecule has 4 rings (SSSR count). The third kappa shape index (κ3) is 3.75. The van der Waals surface area contributed by atoms with E-state index < -0.39 is 6.09 Å². The van der Waals surface area contributed by atoms with Gasteiger partial charge in [0.1, 0.15) is 12.4 Å². The zero-order valence-corrected chi connectivity index (χ0v) is 15.3.